The molecule has 0 aromatic heterocycles. The van der Waals surface area contributed by atoms with Gasteiger partial charge in [-0.15, -0.1) is 0 Å². The summed E-state index contributed by atoms with van der Waals surface area (Å²) in [7, 11) is -3.71. The second-order valence-electron chi connectivity index (χ2n) is 6.24. The molecule has 156 valence electrons. The van der Waals surface area contributed by atoms with Crippen molar-refractivity contribution in [1.82, 2.24) is 0 Å². The number of sulfonamides is 1. The molecule has 2 aromatic rings. The molecule has 29 heavy (non-hydrogen) atoms. The van der Waals surface area contributed by atoms with E-state index in [1.54, 1.807) is 31.2 Å². The van der Waals surface area contributed by atoms with Crippen molar-refractivity contribution in [2.75, 3.05) is 29.0 Å². The molecule has 2 aromatic carbocycles. The minimum atomic E-state index is -3.71. The summed E-state index contributed by atoms with van der Waals surface area (Å²) in [6.07, 6.45) is 1.19. The van der Waals surface area contributed by atoms with Gasteiger partial charge in [0.1, 0.15) is 5.82 Å². The Balaban J connectivity index is 1.97. The van der Waals surface area contributed by atoms with Crippen LogP contribution in [0, 0.1) is 5.82 Å². The number of nitrogens with zero attached hydrogens (tertiary/aromatic N) is 1. The van der Waals surface area contributed by atoms with Crippen molar-refractivity contribution < 1.29 is 27.1 Å². The minimum absolute atomic E-state index is 0.0180. The topological polar surface area (TPSA) is 92.8 Å². The second kappa shape index (κ2) is 10.0. The second-order valence-corrected chi connectivity index (χ2v) is 8.15. The van der Waals surface area contributed by atoms with Crippen LogP contribution in [0.2, 0.25) is 0 Å². The molecular formula is C20H23FN2O5S. The highest BCUT2D eigenvalue weighted by atomic mass is 32.2. The highest BCUT2D eigenvalue weighted by Gasteiger charge is 2.20. The maximum atomic E-state index is 14.0. The molecule has 0 radical (unpaired) electrons. The quantitative estimate of drug-likeness (QED) is 0.627. The van der Waals surface area contributed by atoms with Crippen molar-refractivity contribution >= 4 is 33.3 Å². The van der Waals surface area contributed by atoms with Crippen LogP contribution in [0.5, 0.6) is 0 Å². The number of esters is 1. The molecule has 0 fully saturated rings. The van der Waals surface area contributed by atoms with E-state index in [0.29, 0.717) is 11.3 Å². The molecule has 9 heteroatoms. The Labute approximate surface area is 169 Å². The number of nitrogens with one attached hydrogen (secondary N) is 1. The van der Waals surface area contributed by atoms with Crippen LogP contribution in [0.1, 0.15) is 30.1 Å². The van der Waals surface area contributed by atoms with E-state index in [4.69, 9.17) is 4.74 Å². The van der Waals surface area contributed by atoms with Crippen LogP contribution in [0.15, 0.2) is 48.5 Å². The van der Waals surface area contributed by atoms with E-state index < -0.39 is 21.8 Å². The molecule has 0 aliphatic rings. The number of anilines is 2. The zero-order chi connectivity index (χ0) is 21.4. The Morgan fingerprint density at radius 1 is 1.14 bits per heavy atom. The number of para-hydroxylation sites is 1. The summed E-state index contributed by atoms with van der Waals surface area (Å²) >= 11 is 0. The Morgan fingerprint density at radius 3 is 2.52 bits per heavy atom. The predicted molar refractivity (Wildman–Crippen MR) is 109 cm³/mol. The summed E-state index contributed by atoms with van der Waals surface area (Å²) in [5.41, 5.74) is 0.680. The number of rotatable bonds is 9. The smallest absolute Gasteiger partial charge is 0.338 e. The maximum absolute atomic E-state index is 14.0. The van der Waals surface area contributed by atoms with Crippen LogP contribution in [-0.2, 0) is 19.6 Å². The first-order valence-corrected chi connectivity index (χ1v) is 10.9. The molecule has 1 N–H and O–H groups in total. The number of benzene rings is 2. The van der Waals surface area contributed by atoms with Crippen LogP contribution in [0.3, 0.4) is 0 Å². The molecule has 0 aliphatic heterocycles. The van der Waals surface area contributed by atoms with Crippen LogP contribution in [-0.4, -0.2) is 39.7 Å². The third-order valence-electron chi connectivity index (χ3n) is 3.94. The maximum Gasteiger partial charge on any atom is 0.338 e. The van der Waals surface area contributed by atoms with Gasteiger partial charge in [-0.05, 0) is 43.7 Å². The van der Waals surface area contributed by atoms with E-state index in [0.717, 1.165) is 10.6 Å². The van der Waals surface area contributed by atoms with Gasteiger partial charge in [0.05, 0.1) is 24.1 Å². The summed E-state index contributed by atoms with van der Waals surface area (Å²) in [5, 5.41) is 2.65. The van der Waals surface area contributed by atoms with Crippen LogP contribution < -0.4 is 9.62 Å². The summed E-state index contributed by atoms with van der Waals surface area (Å²) in [6.45, 7) is 1.90. The lowest BCUT2D eigenvalue weighted by atomic mass is 10.2. The number of halogens is 1. The molecule has 0 atom stereocenters. The molecule has 0 heterocycles. The Hall–Kier alpha value is -2.94. The van der Waals surface area contributed by atoms with Crippen LogP contribution in [0.25, 0.3) is 0 Å². The molecule has 0 spiro atoms. The van der Waals surface area contributed by atoms with Crippen molar-refractivity contribution in [1.29, 1.82) is 0 Å². The van der Waals surface area contributed by atoms with Crippen LogP contribution >= 0.6 is 0 Å². The number of hydrogen-bond donors (Lipinski definition) is 1. The zero-order valence-corrected chi connectivity index (χ0v) is 17.0. The fourth-order valence-electron chi connectivity index (χ4n) is 2.66. The minimum Gasteiger partial charge on any atom is -0.462 e. The Bertz CT molecular complexity index is 978. The molecule has 0 unspecified atom stereocenters. The first kappa shape index (κ1) is 22.4. The Kier molecular flexibility index (Phi) is 7.72. The lowest BCUT2D eigenvalue weighted by Crippen LogP contribution is -2.32. The van der Waals surface area contributed by atoms with Crippen molar-refractivity contribution in [2.45, 2.75) is 19.8 Å². The van der Waals surface area contributed by atoms with Crippen molar-refractivity contribution in [3.63, 3.8) is 0 Å². The van der Waals surface area contributed by atoms with Gasteiger partial charge in [-0.1, -0.05) is 18.2 Å². The van der Waals surface area contributed by atoms with Gasteiger partial charge >= 0.3 is 5.97 Å². The van der Waals surface area contributed by atoms with Gasteiger partial charge in [0.25, 0.3) is 0 Å². The number of carbonyl (C=O) groups excluding carboxylic acids is 2. The van der Waals surface area contributed by atoms with Gasteiger partial charge < -0.3 is 10.1 Å². The van der Waals surface area contributed by atoms with Gasteiger partial charge in [-0.25, -0.2) is 17.6 Å². The first-order valence-electron chi connectivity index (χ1n) is 9.01. The SMILES string of the molecule is CCOC(=O)c1cccc(NC(=O)CCCN(c2ccccc2F)S(C)(=O)=O)c1. The van der Waals surface area contributed by atoms with Crippen LogP contribution in [0.4, 0.5) is 15.8 Å². The standard InChI is InChI=1S/C20H23FN2O5S/c1-3-28-20(25)15-8-6-9-16(14-15)22-19(24)12-7-13-23(29(2,26)27)18-11-5-4-10-17(18)21/h4-6,8-11,14H,3,7,12-13H2,1-2H3,(H,22,24). The molecule has 0 saturated heterocycles. The van der Waals surface area contributed by atoms with Gasteiger partial charge in [-0.2, -0.15) is 0 Å². The predicted octanol–water partition coefficient (Wildman–Crippen LogP) is 3.19. The molecular weight excluding hydrogens is 399 g/mol. The highest BCUT2D eigenvalue weighted by Crippen LogP contribution is 2.22. The van der Waals surface area contributed by atoms with Crippen molar-refractivity contribution in [3.05, 3.63) is 59.9 Å². The van der Waals surface area contributed by atoms with E-state index in [9.17, 15) is 22.4 Å². The van der Waals surface area contributed by atoms with E-state index >= 15 is 0 Å². The fraction of sp³-hybridized carbons (Fsp3) is 0.300. The fourth-order valence-corrected chi connectivity index (χ4v) is 3.63. The molecule has 0 saturated carbocycles. The molecule has 7 nitrogen and oxygen atoms in total. The summed E-state index contributed by atoms with van der Waals surface area (Å²) in [6, 6.07) is 11.9. The molecule has 0 aliphatic carbocycles. The summed E-state index contributed by atoms with van der Waals surface area (Å²) < 4.78 is 43.9. The van der Waals surface area contributed by atoms with Crippen molar-refractivity contribution in [3.8, 4) is 0 Å². The molecule has 2 rings (SSSR count). The summed E-state index contributed by atoms with van der Waals surface area (Å²) in [5.74, 6) is -1.50. The number of ether oxygens (including phenoxy) is 1. The van der Waals surface area contributed by atoms with E-state index in [-0.39, 0.29) is 37.6 Å². The largest absolute Gasteiger partial charge is 0.462 e. The number of carbonyl (C=O) groups is 2. The van der Waals surface area contributed by atoms with Gasteiger partial charge in [0.2, 0.25) is 15.9 Å². The number of hydrogen-bond acceptors (Lipinski definition) is 5. The lowest BCUT2D eigenvalue weighted by Gasteiger charge is -2.22. The Morgan fingerprint density at radius 2 is 1.86 bits per heavy atom. The summed E-state index contributed by atoms with van der Waals surface area (Å²) in [4.78, 5) is 23.9. The van der Waals surface area contributed by atoms with E-state index in [1.165, 1.54) is 24.3 Å². The van der Waals surface area contributed by atoms with E-state index in [1.807, 2.05) is 0 Å². The third-order valence-corrected chi connectivity index (χ3v) is 5.12. The monoisotopic (exact) mass is 422 g/mol. The van der Waals surface area contributed by atoms with Gasteiger partial charge in [0, 0.05) is 18.7 Å². The van der Waals surface area contributed by atoms with E-state index in [2.05, 4.69) is 5.32 Å². The third kappa shape index (κ3) is 6.56. The van der Waals surface area contributed by atoms with Crippen molar-refractivity contribution in [2.24, 2.45) is 0 Å². The normalized spacial score (nSPS) is 11.0. The average molecular weight is 422 g/mol. The first-order chi connectivity index (χ1) is 13.7. The van der Waals surface area contributed by atoms with Gasteiger partial charge in [-0.3, -0.25) is 9.10 Å². The molecule has 0 bridgehead atoms. The highest BCUT2D eigenvalue weighted by molar-refractivity contribution is 7.92. The zero-order valence-electron chi connectivity index (χ0n) is 16.2. The number of amides is 1. The average Bonchev–Trinajstić information content (AvgIpc) is 2.65. The van der Waals surface area contributed by atoms with Gasteiger partial charge in [0.15, 0.2) is 0 Å². The lowest BCUT2D eigenvalue weighted by molar-refractivity contribution is -0.116. The molecule has 1 amide bonds.